The van der Waals surface area contributed by atoms with E-state index in [-0.39, 0.29) is 17.5 Å². The van der Waals surface area contributed by atoms with E-state index in [1.807, 2.05) is 43.3 Å². The number of fused-ring (bicyclic) bond motifs is 1. The second-order valence-corrected chi connectivity index (χ2v) is 9.70. The van der Waals surface area contributed by atoms with Gasteiger partial charge in [-0.1, -0.05) is 74.2 Å². The molecule has 0 aliphatic carbocycles. The molecule has 164 valence electrons. The van der Waals surface area contributed by atoms with Gasteiger partial charge in [0.1, 0.15) is 15.8 Å². The van der Waals surface area contributed by atoms with Gasteiger partial charge >= 0.3 is 0 Å². The van der Waals surface area contributed by atoms with Crippen molar-refractivity contribution in [3.63, 3.8) is 0 Å². The Morgan fingerprint density at radius 2 is 1.81 bits per heavy atom. The third kappa shape index (κ3) is 4.33. The lowest BCUT2D eigenvalue weighted by atomic mass is 10.1. The van der Waals surface area contributed by atoms with E-state index in [0.717, 1.165) is 5.56 Å². The minimum absolute atomic E-state index is 0.205. The number of aromatic nitrogens is 2. The predicted octanol–water partition coefficient (Wildman–Crippen LogP) is 4.72. The molecule has 1 saturated heterocycles. The smallest absolute Gasteiger partial charge is 0.267 e. The molecule has 0 radical (unpaired) electrons. The van der Waals surface area contributed by atoms with Gasteiger partial charge in [0.25, 0.3) is 11.5 Å². The highest BCUT2D eigenvalue weighted by Crippen LogP contribution is 2.38. The van der Waals surface area contributed by atoms with E-state index in [1.165, 1.54) is 16.2 Å². The number of nitrogens with zero attached hydrogens (tertiary/aromatic N) is 3. The molecule has 1 amide bonds. The molecule has 0 spiro atoms. The molecule has 1 aromatic carbocycles. The molecule has 8 heteroatoms. The van der Waals surface area contributed by atoms with Gasteiger partial charge in [-0.15, -0.1) is 0 Å². The molecule has 1 unspecified atom stereocenters. The van der Waals surface area contributed by atoms with E-state index in [0.29, 0.717) is 38.7 Å². The predicted molar refractivity (Wildman–Crippen MR) is 135 cm³/mol. The zero-order chi connectivity index (χ0) is 22.8. The number of carbonyl (C=O) groups excluding carboxylic acids is 1. The number of thioether (sulfide) groups is 1. The topological polar surface area (TPSA) is 66.7 Å². The van der Waals surface area contributed by atoms with Gasteiger partial charge < -0.3 is 5.32 Å². The Balaban J connectivity index is 1.76. The van der Waals surface area contributed by atoms with Crippen molar-refractivity contribution in [3.05, 3.63) is 81.1 Å². The average Bonchev–Trinajstić information content (AvgIpc) is 3.07. The van der Waals surface area contributed by atoms with Gasteiger partial charge in [-0.05, 0) is 36.6 Å². The highest BCUT2D eigenvalue weighted by atomic mass is 32.2. The fraction of sp³-hybridized carbons (Fsp3) is 0.250. The summed E-state index contributed by atoms with van der Waals surface area (Å²) in [6.07, 6.45) is 3.30. The van der Waals surface area contributed by atoms with Gasteiger partial charge in [0.05, 0.1) is 16.5 Å². The summed E-state index contributed by atoms with van der Waals surface area (Å²) in [6.45, 7) is 6.76. The monoisotopic (exact) mass is 464 g/mol. The van der Waals surface area contributed by atoms with E-state index in [2.05, 4.69) is 24.1 Å². The molecule has 1 aliphatic heterocycles. The van der Waals surface area contributed by atoms with E-state index < -0.39 is 0 Å². The molecule has 3 aromatic rings. The molecular weight excluding hydrogens is 440 g/mol. The number of carbonyl (C=O) groups is 1. The molecule has 4 rings (SSSR count). The van der Waals surface area contributed by atoms with Crippen LogP contribution in [0.1, 0.15) is 37.9 Å². The van der Waals surface area contributed by atoms with Crippen LogP contribution in [0.4, 0.5) is 5.82 Å². The number of thiocarbonyl (C=S) groups is 1. The number of rotatable bonds is 6. The van der Waals surface area contributed by atoms with Crippen LogP contribution in [0.5, 0.6) is 0 Å². The second kappa shape index (κ2) is 9.26. The van der Waals surface area contributed by atoms with E-state index in [1.54, 1.807) is 29.3 Å². The van der Waals surface area contributed by atoms with Crippen molar-refractivity contribution in [1.82, 2.24) is 14.3 Å². The summed E-state index contributed by atoms with van der Waals surface area (Å²) in [7, 11) is 0. The van der Waals surface area contributed by atoms with Crippen LogP contribution in [0.2, 0.25) is 0 Å². The Morgan fingerprint density at radius 3 is 2.53 bits per heavy atom. The molecule has 1 fully saturated rings. The first-order chi connectivity index (χ1) is 15.4. The van der Waals surface area contributed by atoms with Gasteiger partial charge in [-0.2, -0.15) is 0 Å². The molecule has 0 saturated carbocycles. The maximum atomic E-state index is 13.3. The van der Waals surface area contributed by atoms with Crippen LogP contribution in [0.15, 0.2) is 64.4 Å². The summed E-state index contributed by atoms with van der Waals surface area (Å²) >= 11 is 6.74. The first-order valence-corrected chi connectivity index (χ1v) is 11.7. The first kappa shape index (κ1) is 22.2. The fourth-order valence-corrected chi connectivity index (χ4v) is 4.89. The van der Waals surface area contributed by atoms with Crippen molar-refractivity contribution in [2.45, 2.75) is 26.8 Å². The maximum Gasteiger partial charge on any atom is 0.267 e. The van der Waals surface area contributed by atoms with E-state index >= 15 is 0 Å². The molecule has 1 N–H and O–H groups in total. The highest BCUT2D eigenvalue weighted by Gasteiger charge is 2.36. The lowest BCUT2D eigenvalue weighted by Crippen LogP contribution is -2.31. The maximum absolute atomic E-state index is 13.3. The summed E-state index contributed by atoms with van der Waals surface area (Å²) < 4.78 is 1.96. The summed E-state index contributed by atoms with van der Waals surface area (Å²) in [4.78, 5) is 33.2. The molecule has 32 heavy (non-hydrogen) atoms. The van der Waals surface area contributed by atoms with E-state index in [9.17, 15) is 9.59 Å². The van der Waals surface area contributed by atoms with Crippen molar-refractivity contribution < 1.29 is 4.79 Å². The van der Waals surface area contributed by atoms with E-state index in [4.69, 9.17) is 12.2 Å². The number of hydrogen-bond donors (Lipinski definition) is 1. The number of nitrogens with one attached hydrogen (secondary N) is 1. The Hall–Kier alpha value is -2.97. The Labute approximate surface area is 196 Å². The third-order valence-electron chi connectivity index (χ3n) is 5.22. The average molecular weight is 465 g/mol. The second-order valence-electron chi connectivity index (χ2n) is 8.02. The normalized spacial score (nSPS) is 16.4. The summed E-state index contributed by atoms with van der Waals surface area (Å²) in [5.74, 6) is 0.629. The molecule has 1 atom stereocenters. The summed E-state index contributed by atoms with van der Waals surface area (Å²) in [5, 5.41) is 3.27. The number of anilines is 1. The van der Waals surface area contributed by atoms with Gasteiger partial charge in [-0.3, -0.25) is 18.9 Å². The van der Waals surface area contributed by atoms with Gasteiger partial charge in [-0.25, -0.2) is 4.98 Å². The number of hydrogen-bond acceptors (Lipinski definition) is 6. The third-order valence-corrected chi connectivity index (χ3v) is 6.55. The van der Waals surface area contributed by atoms with Crippen molar-refractivity contribution in [2.24, 2.45) is 5.92 Å². The van der Waals surface area contributed by atoms with Crippen LogP contribution < -0.4 is 10.9 Å². The Morgan fingerprint density at radius 1 is 1.09 bits per heavy atom. The lowest BCUT2D eigenvalue weighted by molar-refractivity contribution is -0.123. The minimum atomic E-state index is -0.233. The fourth-order valence-electron chi connectivity index (χ4n) is 3.49. The van der Waals surface area contributed by atoms with Crippen molar-refractivity contribution in [3.8, 4) is 0 Å². The standard InChI is InChI=1S/C24H24N4O2S2/c1-15(2)14-25-21-18(22(29)27-12-8-7-11-20(27)26-21)13-19-23(30)28(24(31)32-19)16(3)17-9-5-4-6-10-17/h4-13,15-16,25H,14H2,1-3H3. The van der Waals surface area contributed by atoms with Crippen LogP contribution >= 0.6 is 24.0 Å². The zero-order valence-electron chi connectivity index (χ0n) is 18.1. The molecule has 2 aromatic heterocycles. The summed E-state index contributed by atoms with van der Waals surface area (Å²) in [5.41, 5.74) is 1.66. The highest BCUT2D eigenvalue weighted by molar-refractivity contribution is 8.26. The number of benzene rings is 1. The van der Waals surface area contributed by atoms with Crippen molar-refractivity contribution in [1.29, 1.82) is 0 Å². The van der Waals surface area contributed by atoms with Crippen LogP contribution in [0.3, 0.4) is 0 Å². The van der Waals surface area contributed by atoms with Crippen LogP contribution in [-0.4, -0.2) is 31.1 Å². The minimum Gasteiger partial charge on any atom is -0.369 e. The largest absolute Gasteiger partial charge is 0.369 e. The number of pyridine rings is 1. The van der Waals surface area contributed by atoms with Gasteiger partial charge in [0.2, 0.25) is 0 Å². The lowest BCUT2D eigenvalue weighted by Gasteiger charge is -2.23. The molecule has 3 heterocycles. The Kier molecular flexibility index (Phi) is 6.43. The first-order valence-electron chi connectivity index (χ1n) is 10.4. The van der Waals surface area contributed by atoms with Gasteiger partial charge in [0.15, 0.2) is 0 Å². The molecule has 6 nitrogen and oxygen atoms in total. The summed E-state index contributed by atoms with van der Waals surface area (Å²) in [6, 6.07) is 15.0. The SMILES string of the molecule is CC(C)CNc1nc2ccccn2c(=O)c1C=C1SC(=S)N(C(C)c2ccccc2)C1=O. The van der Waals surface area contributed by atoms with Crippen LogP contribution in [0, 0.1) is 5.92 Å². The van der Waals surface area contributed by atoms with Crippen molar-refractivity contribution in [2.75, 3.05) is 11.9 Å². The Bertz CT molecular complexity index is 1270. The molecule has 0 bridgehead atoms. The van der Waals surface area contributed by atoms with Gasteiger partial charge in [0, 0.05) is 12.7 Å². The van der Waals surface area contributed by atoms with Crippen LogP contribution in [0.25, 0.3) is 11.7 Å². The molecule has 1 aliphatic rings. The van der Waals surface area contributed by atoms with Crippen molar-refractivity contribution >= 4 is 51.7 Å². The van der Waals surface area contributed by atoms with Crippen LogP contribution in [-0.2, 0) is 4.79 Å². The molecular formula is C24H24N4O2S2. The number of amides is 1. The quantitative estimate of drug-likeness (QED) is 0.420. The zero-order valence-corrected chi connectivity index (χ0v) is 19.7.